The summed E-state index contributed by atoms with van der Waals surface area (Å²) in [6.45, 7) is 4.10. The number of hydrogen-bond acceptors (Lipinski definition) is 4. The highest BCUT2D eigenvalue weighted by atomic mass is 16.5. The molecule has 0 fully saturated rings. The van der Waals surface area contributed by atoms with E-state index in [9.17, 15) is 4.79 Å². The Kier molecular flexibility index (Phi) is 6.96. The van der Waals surface area contributed by atoms with Gasteiger partial charge in [-0.3, -0.25) is 0 Å². The first-order valence-electron chi connectivity index (χ1n) is 4.64. The fraction of sp³-hybridized carbons (Fsp3) is 0.778. The third kappa shape index (κ3) is 5.22. The number of carbonyl (C=O) groups excluding carboxylic acids is 1. The van der Waals surface area contributed by atoms with E-state index in [1.165, 1.54) is 0 Å². The van der Waals surface area contributed by atoms with E-state index in [4.69, 9.17) is 9.94 Å². The van der Waals surface area contributed by atoms with Crippen LogP contribution in [0.2, 0.25) is 0 Å². The molecule has 0 spiro atoms. The summed E-state index contributed by atoms with van der Waals surface area (Å²) in [5, 5.41) is 11.4. The standard InChI is InChI=1S/C9H17NO3/c1-3-5-6-7-8(10-12)9(11)13-4-2/h12H,3-7H2,1-2H3. The third-order valence-electron chi connectivity index (χ3n) is 1.65. The summed E-state index contributed by atoms with van der Waals surface area (Å²) < 4.78 is 4.70. The minimum atomic E-state index is -0.513. The zero-order chi connectivity index (χ0) is 10.1. The summed E-state index contributed by atoms with van der Waals surface area (Å²) in [6.07, 6.45) is 3.44. The molecule has 0 saturated carbocycles. The molecule has 0 amide bonds. The Morgan fingerprint density at radius 3 is 2.54 bits per heavy atom. The van der Waals surface area contributed by atoms with Gasteiger partial charge in [0.25, 0.3) is 0 Å². The van der Waals surface area contributed by atoms with Crippen LogP contribution in [-0.2, 0) is 9.53 Å². The van der Waals surface area contributed by atoms with E-state index in [0.717, 1.165) is 19.3 Å². The molecule has 0 aromatic rings. The molecule has 4 nitrogen and oxygen atoms in total. The number of rotatable bonds is 6. The van der Waals surface area contributed by atoms with Crippen LogP contribution in [0, 0.1) is 0 Å². The summed E-state index contributed by atoms with van der Waals surface area (Å²) in [6, 6.07) is 0. The highest BCUT2D eigenvalue weighted by Crippen LogP contribution is 2.02. The smallest absolute Gasteiger partial charge is 0.356 e. The molecule has 0 bridgehead atoms. The van der Waals surface area contributed by atoms with Crippen molar-refractivity contribution in [2.24, 2.45) is 5.16 Å². The highest BCUT2D eigenvalue weighted by Gasteiger charge is 2.11. The molecule has 0 atom stereocenters. The Morgan fingerprint density at radius 1 is 1.38 bits per heavy atom. The van der Waals surface area contributed by atoms with E-state index in [2.05, 4.69) is 12.1 Å². The summed E-state index contributed by atoms with van der Waals surface area (Å²) >= 11 is 0. The monoisotopic (exact) mass is 187 g/mol. The number of esters is 1. The molecule has 0 aliphatic heterocycles. The first kappa shape index (κ1) is 11.9. The van der Waals surface area contributed by atoms with Crippen LogP contribution in [0.1, 0.15) is 39.5 Å². The Bertz CT molecular complexity index is 178. The predicted octanol–water partition coefficient (Wildman–Crippen LogP) is 1.96. The lowest BCUT2D eigenvalue weighted by atomic mass is 10.1. The quantitative estimate of drug-likeness (QED) is 0.227. The van der Waals surface area contributed by atoms with Crippen molar-refractivity contribution in [1.29, 1.82) is 0 Å². The Morgan fingerprint density at radius 2 is 2.08 bits per heavy atom. The molecule has 0 aromatic carbocycles. The number of hydrogen-bond donors (Lipinski definition) is 1. The molecule has 0 aliphatic carbocycles. The van der Waals surface area contributed by atoms with Gasteiger partial charge in [0.1, 0.15) is 0 Å². The molecule has 76 valence electrons. The topological polar surface area (TPSA) is 58.9 Å². The van der Waals surface area contributed by atoms with Gasteiger partial charge in [-0.05, 0) is 13.3 Å². The van der Waals surface area contributed by atoms with Gasteiger partial charge in [-0.25, -0.2) is 4.79 Å². The number of ether oxygens (including phenoxy) is 1. The van der Waals surface area contributed by atoms with Gasteiger partial charge in [0, 0.05) is 6.42 Å². The van der Waals surface area contributed by atoms with Crippen LogP contribution in [0.25, 0.3) is 0 Å². The van der Waals surface area contributed by atoms with Crippen molar-refractivity contribution in [2.45, 2.75) is 39.5 Å². The van der Waals surface area contributed by atoms with Crippen LogP contribution in [0.15, 0.2) is 5.16 Å². The molecular formula is C9H17NO3. The molecule has 1 N–H and O–H groups in total. The van der Waals surface area contributed by atoms with Crippen LogP contribution in [0.4, 0.5) is 0 Å². The summed E-state index contributed by atoms with van der Waals surface area (Å²) in [7, 11) is 0. The van der Waals surface area contributed by atoms with Crippen molar-refractivity contribution < 1.29 is 14.7 Å². The van der Waals surface area contributed by atoms with Crippen molar-refractivity contribution in [3.05, 3.63) is 0 Å². The lowest BCUT2D eigenvalue weighted by Gasteiger charge is -2.02. The predicted molar refractivity (Wildman–Crippen MR) is 50.0 cm³/mol. The van der Waals surface area contributed by atoms with Gasteiger partial charge in [0.15, 0.2) is 5.71 Å². The van der Waals surface area contributed by atoms with E-state index in [1.54, 1.807) is 6.92 Å². The normalized spacial score (nSPS) is 11.4. The lowest BCUT2D eigenvalue weighted by molar-refractivity contribution is -0.135. The summed E-state index contributed by atoms with van der Waals surface area (Å²) in [4.78, 5) is 11.1. The Balaban J connectivity index is 3.83. The van der Waals surface area contributed by atoms with Crippen LogP contribution >= 0.6 is 0 Å². The first-order chi connectivity index (χ1) is 6.26. The molecule has 0 unspecified atom stereocenters. The molecule has 4 heteroatoms. The SMILES string of the molecule is CCCCCC(=NO)C(=O)OCC. The minimum absolute atomic E-state index is 0.121. The first-order valence-corrected chi connectivity index (χ1v) is 4.64. The van der Waals surface area contributed by atoms with Crippen molar-refractivity contribution in [2.75, 3.05) is 6.61 Å². The lowest BCUT2D eigenvalue weighted by Crippen LogP contribution is -2.17. The zero-order valence-electron chi connectivity index (χ0n) is 8.25. The molecule has 0 aromatic heterocycles. The Hall–Kier alpha value is -1.06. The van der Waals surface area contributed by atoms with Gasteiger partial charge in [0.05, 0.1) is 6.61 Å². The molecule has 0 radical (unpaired) electrons. The highest BCUT2D eigenvalue weighted by molar-refractivity contribution is 6.36. The van der Waals surface area contributed by atoms with E-state index in [-0.39, 0.29) is 5.71 Å². The number of nitrogens with zero attached hydrogens (tertiary/aromatic N) is 1. The average molecular weight is 187 g/mol. The van der Waals surface area contributed by atoms with Crippen LogP contribution < -0.4 is 0 Å². The summed E-state index contributed by atoms with van der Waals surface area (Å²) in [5.41, 5.74) is 0.121. The van der Waals surface area contributed by atoms with Crippen LogP contribution in [0.5, 0.6) is 0 Å². The van der Waals surface area contributed by atoms with E-state index < -0.39 is 5.97 Å². The summed E-state index contributed by atoms with van der Waals surface area (Å²) in [5.74, 6) is -0.513. The number of oxime groups is 1. The second-order valence-corrected chi connectivity index (χ2v) is 2.72. The molecule has 0 saturated heterocycles. The molecule has 0 aliphatic rings. The largest absolute Gasteiger partial charge is 0.461 e. The van der Waals surface area contributed by atoms with Crippen molar-refractivity contribution >= 4 is 11.7 Å². The fourth-order valence-electron chi connectivity index (χ4n) is 0.950. The second kappa shape index (κ2) is 7.58. The van der Waals surface area contributed by atoms with Gasteiger partial charge in [-0.1, -0.05) is 24.9 Å². The maximum atomic E-state index is 11.1. The van der Waals surface area contributed by atoms with Crippen molar-refractivity contribution in [1.82, 2.24) is 0 Å². The average Bonchev–Trinajstić information content (AvgIpc) is 2.13. The minimum Gasteiger partial charge on any atom is -0.461 e. The van der Waals surface area contributed by atoms with Crippen LogP contribution in [0.3, 0.4) is 0 Å². The fourth-order valence-corrected chi connectivity index (χ4v) is 0.950. The second-order valence-electron chi connectivity index (χ2n) is 2.72. The third-order valence-corrected chi connectivity index (χ3v) is 1.65. The molecule has 0 heterocycles. The number of unbranched alkanes of at least 4 members (excludes halogenated alkanes) is 2. The molecule has 0 rings (SSSR count). The number of carbonyl (C=O) groups is 1. The van der Waals surface area contributed by atoms with E-state index in [1.807, 2.05) is 0 Å². The van der Waals surface area contributed by atoms with Gasteiger partial charge in [-0.2, -0.15) is 0 Å². The molecule has 13 heavy (non-hydrogen) atoms. The Labute approximate surface area is 78.6 Å². The van der Waals surface area contributed by atoms with Crippen molar-refractivity contribution in [3.8, 4) is 0 Å². The zero-order valence-corrected chi connectivity index (χ0v) is 8.25. The maximum Gasteiger partial charge on any atom is 0.356 e. The van der Waals surface area contributed by atoms with Gasteiger partial charge in [-0.15, -0.1) is 0 Å². The van der Waals surface area contributed by atoms with Gasteiger partial charge >= 0.3 is 5.97 Å². The van der Waals surface area contributed by atoms with E-state index in [0.29, 0.717) is 13.0 Å². The van der Waals surface area contributed by atoms with Crippen LogP contribution in [-0.4, -0.2) is 23.5 Å². The molecular weight excluding hydrogens is 170 g/mol. The van der Waals surface area contributed by atoms with Gasteiger partial charge < -0.3 is 9.94 Å². The van der Waals surface area contributed by atoms with Crippen molar-refractivity contribution in [3.63, 3.8) is 0 Å². The van der Waals surface area contributed by atoms with Gasteiger partial charge in [0.2, 0.25) is 0 Å². The maximum absolute atomic E-state index is 11.1. The van der Waals surface area contributed by atoms with E-state index >= 15 is 0 Å².